The molecular weight excluding hydrogens is 281 g/mol. The third kappa shape index (κ3) is 3.09. The van der Waals surface area contributed by atoms with E-state index in [1.807, 2.05) is 18.2 Å². The molecule has 0 aliphatic rings. The molecule has 0 aliphatic heterocycles. The van der Waals surface area contributed by atoms with Gasteiger partial charge < -0.3 is 5.73 Å². The number of nitrogens with two attached hydrogens (primary N) is 1. The van der Waals surface area contributed by atoms with E-state index in [9.17, 15) is 4.39 Å². The molecule has 3 heteroatoms. The van der Waals surface area contributed by atoms with Crippen LogP contribution in [-0.4, -0.2) is 6.54 Å². The highest BCUT2D eigenvalue weighted by atomic mass is 32.2. The molecule has 0 spiro atoms. The van der Waals surface area contributed by atoms with Crippen molar-refractivity contribution in [2.45, 2.75) is 16.2 Å². The maximum absolute atomic E-state index is 13.9. The fourth-order valence-corrected chi connectivity index (χ4v) is 3.42. The highest BCUT2D eigenvalue weighted by Gasteiger charge is 2.09. The topological polar surface area (TPSA) is 26.0 Å². The molecule has 2 N–H and O–H groups in total. The van der Waals surface area contributed by atoms with E-state index in [4.69, 9.17) is 5.73 Å². The summed E-state index contributed by atoms with van der Waals surface area (Å²) < 4.78 is 13.9. The Bertz CT molecular complexity index is 770. The highest BCUT2D eigenvalue weighted by Crippen LogP contribution is 2.33. The van der Waals surface area contributed by atoms with E-state index in [-0.39, 0.29) is 5.82 Å². The second-order valence-corrected chi connectivity index (χ2v) is 5.98. The van der Waals surface area contributed by atoms with Gasteiger partial charge in [-0.15, -0.1) is 0 Å². The summed E-state index contributed by atoms with van der Waals surface area (Å²) >= 11 is 1.59. The lowest BCUT2D eigenvalue weighted by Gasteiger charge is -2.10. The van der Waals surface area contributed by atoms with Crippen molar-refractivity contribution in [2.24, 2.45) is 5.73 Å². The highest BCUT2D eigenvalue weighted by molar-refractivity contribution is 7.99. The average molecular weight is 297 g/mol. The number of benzene rings is 3. The first-order valence-corrected chi connectivity index (χ1v) is 7.73. The molecule has 0 atom stereocenters. The van der Waals surface area contributed by atoms with Crippen LogP contribution in [0, 0.1) is 5.82 Å². The van der Waals surface area contributed by atoms with Crippen molar-refractivity contribution >= 4 is 22.5 Å². The van der Waals surface area contributed by atoms with Crippen LogP contribution in [0.5, 0.6) is 0 Å². The van der Waals surface area contributed by atoms with Crippen LogP contribution in [0.2, 0.25) is 0 Å². The summed E-state index contributed by atoms with van der Waals surface area (Å²) in [5, 5.41) is 2.41. The third-order valence-electron chi connectivity index (χ3n) is 3.42. The number of hydrogen-bond donors (Lipinski definition) is 1. The lowest BCUT2D eigenvalue weighted by atomic mass is 10.1. The first-order chi connectivity index (χ1) is 10.3. The van der Waals surface area contributed by atoms with Crippen LogP contribution in [0.3, 0.4) is 0 Å². The summed E-state index contributed by atoms with van der Waals surface area (Å²) in [4.78, 5) is 2.05. The molecule has 0 aromatic heterocycles. The Balaban J connectivity index is 1.96. The summed E-state index contributed by atoms with van der Waals surface area (Å²) in [6.45, 7) is 0.451. The Kier molecular flexibility index (Phi) is 4.23. The van der Waals surface area contributed by atoms with Gasteiger partial charge in [-0.25, -0.2) is 4.39 Å². The maximum Gasteiger partial charge on any atom is 0.127 e. The number of fused-ring (bicyclic) bond motifs is 1. The molecule has 0 amide bonds. The molecule has 0 radical (unpaired) electrons. The van der Waals surface area contributed by atoms with Crippen molar-refractivity contribution < 1.29 is 4.39 Å². The minimum Gasteiger partial charge on any atom is -0.330 e. The van der Waals surface area contributed by atoms with E-state index in [1.165, 1.54) is 16.8 Å². The largest absolute Gasteiger partial charge is 0.330 e. The van der Waals surface area contributed by atoms with Gasteiger partial charge in [0.05, 0.1) is 0 Å². The zero-order valence-corrected chi connectivity index (χ0v) is 12.4. The van der Waals surface area contributed by atoms with Crippen LogP contribution in [0.1, 0.15) is 5.56 Å². The molecule has 3 aromatic carbocycles. The summed E-state index contributed by atoms with van der Waals surface area (Å²) in [5.41, 5.74) is 6.30. The van der Waals surface area contributed by atoms with E-state index < -0.39 is 0 Å². The van der Waals surface area contributed by atoms with E-state index in [0.29, 0.717) is 18.5 Å². The van der Waals surface area contributed by atoms with E-state index in [2.05, 4.69) is 30.3 Å². The van der Waals surface area contributed by atoms with E-state index in [1.54, 1.807) is 17.8 Å². The number of hydrogen-bond acceptors (Lipinski definition) is 2. The van der Waals surface area contributed by atoms with E-state index >= 15 is 0 Å². The van der Waals surface area contributed by atoms with Gasteiger partial charge in [0, 0.05) is 15.4 Å². The molecule has 106 valence electrons. The quantitative estimate of drug-likeness (QED) is 0.759. The molecule has 0 saturated heterocycles. The zero-order chi connectivity index (χ0) is 14.7. The SMILES string of the molecule is NCCc1c(F)cccc1Sc1ccc2ccccc2c1. The normalized spacial score (nSPS) is 11.0. The molecule has 0 saturated carbocycles. The van der Waals surface area contributed by atoms with Crippen LogP contribution in [-0.2, 0) is 6.42 Å². The lowest BCUT2D eigenvalue weighted by Crippen LogP contribution is -2.05. The number of rotatable bonds is 4. The molecule has 0 bridgehead atoms. The first kappa shape index (κ1) is 14.1. The van der Waals surface area contributed by atoms with Crippen LogP contribution < -0.4 is 5.73 Å². The summed E-state index contributed by atoms with van der Waals surface area (Å²) in [5.74, 6) is -0.175. The minimum atomic E-state index is -0.175. The summed E-state index contributed by atoms with van der Waals surface area (Å²) in [7, 11) is 0. The van der Waals surface area contributed by atoms with Crippen molar-refractivity contribution in [2.75, 3.05) is 6.54 Å². The van der Waals surface area contributed by atoms with Gasteiger partial charge in [0.15, 0.2) is 0 Å². The smallest absolute Gasteiger partial charge is 0.127 e. The number of halogens is 1. The molecule has 0 heterocycles. The summed E-state index contributed by atoms with van der Waals surface area (Å²) in [6, 6.07) is 19.7. The van der Waals surface area contributed by atoms with Crippen molar-refractivity contribution in [1.29, 1.82) is 0 Å². The van der Waals surface area contributed by atoms with Gasteiger partial charge in [0.2, 0.25) is 0 Å². The molecule has 21 heavy (non-hydrogen) atoms. The Labute approximate surface area is 128 Å². The molecule has 0 fully saturated rings. The Morgan fingerprint density at radius 3 is 2.52 bits per heavy atom. The van der Waals surface area contributed by atoms with Gasteiger partial charge in [-0.05, 0) is 48.0 Å². The Morgan fingerprint density at radius 2 is 1.71 bits per heavy atom. The average Bonchev–Trinajstić information content (AvgIpc) is 2.51. The summed E-state index contributed by atoms with van der Waals surface area (Å²) in [6.07, 6.45) is 0.558. The standard InChI is InChI=1S/C18H16FNS/c19-17-6-3-7-18(16(17)10-11-20)21-15-9-8-13-4-1-2-5-14(13)12-15/h1-9,12H,10-11,20H2. The van der Waals surface area contributed by atoms with Crippen LogP contribution in [0.15, 0.2) is 70.5 Å². The van der Waals surface area contributed by atoms with Crippen molar-refractivity contribution in [3.8, 4) is 0 Å². The second-order valence-electron chi connectivity index (χ2n) is 4.87. The van der Waals surface area contributed by atoms with Crippen molar-refractivity contribution in [3.05, 3.63) is 72.0 Å². The van der Waals surface area contributed by atoms with Crippen LogP contribution in [0.4, 0.5) is 4.39 Å². The van der Waals surface area contributed by atoms with Gasteiger partial charge >= 0.3 is 0 Å². The predicted molar refractivity (Wildman–Crippen MR) is 87.2 cm³/mol. The molecule has 3 aromatic rings. The lowest BCUT2D eigenvalue weighted by molar-refractivity contribution is 0.603. The van der Waals surface area contributed by atoms with Gasteiger partial charge in [-0.2, -0.15) is 0 Å². The molecule has 0 aliphatic carbocycles. The Hall–Kier alpha value is -1.84. The van der Waals surface area contributed by atoms with Gasteiger partial charge in [-0.1, -0.05) is 48.2 Å². The molecular formula is C18H16FNS. The second kappa shape index (κ2) is 6.29. The van der Waals surface area contributed by atoms with E-state index in [0.717, 1.165) is 9.79 Å². The van der Waals surface area contributed by atoms with Crippen LogP contribution in [0.25, 0.3) is 10.8 Å². The predicted octanol–water partition coefficient (Wildman–Crippen LogP) is 4.63. The van der Waals surface area contributed by atoms with Crippen LogP contribution >= 0.6 is 11.8 Å². The zero-order valence-electron chi connectivity index (χ0n) is 11.6. The monoisotopic (exact) mass is 297 g/mol. The molecule has 0 unspecified atom stereocenters. The van der Waals surface area contributed by atoms with Crippen molar-refractivity contribution in [1.82, 2.24) is 0 Å². The molecule has 3 rings (SSSR count). The fourth-order valence-electron chi connectivity index (χ4n) is 2.38. The Morgan fingerprint density at radius 1 is 0.905 bits per heavy atom. The third-order valence-corrected chi connectivity index (χ3v) is 4.51. The molecule has 1 nitrogen and oxygen atoms in total. The van der Waals surface area contributed by atoms with Gasteiger partial charge in [-0.3, -0.25) is 0 Å². The minimum absolute atomic E-state index is 0.175. The first-order valence-electron chi connectivity index (χ1n) is 6.92. The fraction of sp³-hybridized carbons (Fsp3) is 0.111. The van der Waals surface area contributed by atoms with Gasteiger partial charge in [0.1, 0.15) is 5.82 Å². The van der Waals surface area contributed by atoms with Crippen molar-refractivity contribution in [3.63, 3.8) is 0 Å². The van der Waals surface area contributed by atoms with Gasteiger partial charge in [0.25, 0.3) is 0 Å². The maximum atomic E-state index is 13.9.